The minimum Gasteiger partial charge on any atom is -0.508 e. The van der Waals surface area contributed by atoms with Gasteiger partial charge in [-0.05, 0) is 60.9 Å². The summed E-state index contributed by atoms with van der Waals surface area (Å²) in [7, 11) is 0. The number of morpholine rings is 1. The lowest BCUT2D eigenvalue weighted by Gasteiger charge is -2.48. The highest BCUT2D eigenvalue weighted by atomic mass is 19.1. The smallest absolute Gasteiger partial charge is 0.319 e. The standard InChI is InChI=1S/C38H36F2N6O4/c1-2-27-30(39)6-3-22-11-26(47)13-28(31(22)27)32-23(14-41)12-29-34(33(32)40)43-36(44-35(29)46-15-24-4-5-25(16-46)42-24)49-19-37(7-8-37)17-45-9-10-50-38(18-45)20-48-21-38/h1,3,6,11-13,24-25,42,47H,4-5,7-10,15-21H2. The van der Waals surface area contributed by atoms with Gasteiger partial charge in [0, 0.05) is 66.6 Å². The fourth-order valence-electron chi connectivity index (χ4n) is 8.36. The van der Waals surface area contributed by atoms with Crippen molar-refractivity contribution in [2.75, 3.05) is 64.1 Å². The number of rotatable bonds is 7. The van der Waals surface area contributed by atoms with Crippen LogP contribution in [0.1, 0.15) is 36.8 Å². The molecule has 4 aromatic rings. The quantitative estimate of drug-likeness (QED) is 0.271. The molecule has 9 rings (SSSR count). The number of nitriles is 1. The second kappa shape index (κ2) is 11.7. The van der Waals surface area contributed by atoms with Crippen LogP contribution in [0.2, 0.25) is 0 Å². The van der Waals surface area contributed by atoms with E-state index in [-0.39, 0.29) is 68.0 Å². The molecule has 50 heavy (non-hydrogen) atoms. The van der Waals surface area contributed by atoms with E-state index in [0.29, 0.717) is 56.1 Å². The van der Waals surface area contributed by atoms with Crippen LogP contribution < -0.4 is 15.0 Å². The number of nitrogens with one attached hydrogen (secondary N) is 1. The van der Waals surface area contributed by atoms with Gasteiger partial charge in [0.25, 0.3) is 0 Å². The van der Waals surface area contributed by atoms with Crippen molar-refractivity contribution in [2.24, 2.45) is 5.41 Å². The Bertz CT molecular complexity index is 2130. The molecule has 2 bridgehead atoms. The summed E-state index contributed by atoms with van der Waals surface area (Å²) < 4.78 is 50.1. The zero-order chi connectivity index (χ0) is 34.2. The fraction of sp³-hybridized carbons (Fsp3) is 0.447. The molecule has 2 N–H and O–H groups in total. The molecule has 2 unspecified atom stereocenters. The van der Waals surface area contributed by atoms with E-state index in [0.717, 1.165) is 45.3 Å². The zero-order valence-electron chi connectivity index (χ0n) is 27.5. The number of piperazine rings is 1. The molecule has 3 aromatic carbocycles. The molecule has 256 valence electrons. The van der Waals surface area contributed by atoms with E-state index >= 15 is 4.39 Å². The Morgan fingerprint density at radius 1 is 1.12 bits per heavy atom. The number of aromatic nitrogens is 2. The first-order valence-electron chi connectivity index (χ1n) is 17.2. The average Bonchev–Trinajstić information content (AvgIpc) is 3.79. The normalized spacial score (nSPS) is 23.5. The number of anilines is 1. The van der Waals surface area contributed by atoms with Crippen LogP contribution in [0.25, 0.3) is 32.8 Å². The number of aromatic hydroxyl groups is 1. The van der Waals surface area contributed by atoms with Crippen molar-refractivity contribution >= 4 is 27.5 Å². The number of halogens is 2. The van der Waals surface area contributed by atoms with Gasteiger partial charge in [-0.15, -0.1) is 6.42 Å². The van der Waals surface area contributed by atoms with Crippen LogP contribution in [0.3, 0.4) is 0 Å². The Hall–Kier alpha value is -4.59. The lowest BCUT2D eigenvalue weighted by molar-refractivity contribution is -0.238. The Kier molecular flexibility index (Phi) is 7.38. The number of hydrogen-bond acceptors (Lipinski definition) is 10. The Morgan fingerprint density at radius 3 is 2.62 bits per heavy atom. The van der Waals surface area contributed by atoms with Crippen molar-refractivity contribution in [3.8, 4) is 41.3 Å². The van der Waals surface area contributed by atoms with Gasteiger partial charge < -0.3 is 29.5 Å². The predicted molar refractivity (Wildman–Crippen MR) is 182 cm³/mol. The summed E-state index contributed by atoms with van der Waals surface area (Å²) in [6, 6.07) is 9.73. The molecular weight excluding hydrogens is 642 g/mol. The van der Waals surface area contributed by atoms with E-state index in [9.17, 15) is 14.8 Å². The predicted octanol–water partition coefficient (Wildman–Crippen LogP) is 4.49. The maximum Gasteiger partial charge on any atom is 0.319 e. The van der Waals surface area contributed by atoms with E-state index in [1.165, 1.54) is 24.3 Å². The highest BCUT2D eigenvalue weighted by Crippen LogP contribution is 2.48. The van der Waals surface area contributed by atoms with Crippen molar-refractivity contribution in [3.63, 3.8) is 0 Å². The van der Waals surface area contributed by atoms with Gasteiger partial charge in [-0.2, -0.15) is 15.2 Å². The third-order valence-electron chi connectivity index (χ3n) is 11.1. The molecule has 4 saturated heterocycles. The summed E-state index contributed by atoms with van der Waals surface area (Å²) in [6.07, 6.45) is 9.80. The van der Waals surface area contributed by atoms with Gasteiger partial charge in [0.05, 0.1) is 43.6 Å². The average molecular weight is 679 g/mol. The molecule has 1 saturated carbocycles. The van der Waals surface area contributed by atoms with Gasteiger partial charge >= 0.3 is 6.01 Å². The summed E-state index contributed by atoms with van der Waals surface area (Å²) in [6.45, 7) is 6.13. The summed E-state index contributed by atoms with van der Waals surface area (Å²) in [5, 5.41) is 25.7. The Balaban J connectivity index is 1.14. The van der Waals surface area contributed by atoms with Crippen molar-refractivity contribution in [3.05, 3.63) is 53.1 Å². The molecule has 12 heteroatoms. The van der Waals surface area contributed by atoms with Gasteiger partial charge in [0.1, 0.15) is 28.5 Å². The number of terminal acetylenes is 1. The molecular formula is C38H36F2N6O4. The molecule has 1 spiro atoms. The molecule has 0 radical (unpaired) electrons. The number of benzene rings is 3. The van der Waals surface area contributed by atoms with Crippen LogP contribution >= 0.6 is 0 Å². The van der Waals surface area contributed by atoms with E-state index in [2.05, 4.69) is 32.1 Å². The van der Waals surface area contributed by atoms with Gasteiger partial charge in [-0.1, -0.05) is 12.0 Å². The molecule has 0 amide bonds. The summed E-state index contributed by atoms with van der Waals surface area (Å²) >= 11 is 0. The highest BCUT2D eigenvalue weighted by molar-refractivity contribution is 6.05. The number of ether oxygens (including phenoxy) is 3. The molecule has 1 aliphatic carbocycles. The van der Waals surface area contributed by atoms with E-state index in [4.69, 9.17) is 25.6 Å². The third kappa shape index (κ3) is 5.30. The number of fused-ring (bicyclic) bond motifs is 4. The number of nitrogens with zero attached hydrogens (tertiary/aromatic N) is 5. The van der Waals surface area contributed by atoms with Crippen LogP contribution in [0.5, 0.6) is 11.8 Å². The van der Waals surface area contributed by atoms with Crippen molar-refractivity contribution in [2.45, 2.75) is 43.4 Å². The molecule has 5 fully saturated rings. The topological polar surface area (TPSA) is 116 Å². The number of phenols is 1. The largest absolute Gasteiger partial charge is 0.508 e. The molecule has 5 heterocycles. The third-order valence-corrected chi connectivity index (χ3v) is 11.1. The van der Waals surface area contributed by atoms with Crippen LogP contribution in [-0.2, 0) is 9.47 Å². The Morgan fingerprint density at radius 2 is 1.92 bits per heavy atom. The van der Waals surface area contributed by atoms with Crippen LogP contribution in [0.4, 0.5) is 14.6 Å². The SMILES string of the molecule is C#Cc1c(F)ccc2cc(O)cc(-c3c(C#N)cc4c(N5CC6CCC(C5)N6)nc(OCC5(CN6CCOC7(COC7)C6)CC5)nc4c3F)c12. The Labute approximate surface area is 287 Å². The second-order valence-corrected chi connectivity index (χ2v) is 14.7. The van der Waals surface area contributed by atoms with Gasteiger partial charge in [-0.25, -0.2) is 8.78 Å². The summed E-state index contributed by atoms with van der Waals surface area (Å²) in [5.41, 5.74) is -0.426. The van der Waals surface area contributed by atoms with E-state index < -0.39 is 11.6 Å². The van der Waals surface area contributed by atoms with Gasteiger partial charge in [0.15, 0.2) is 5.82 Å². The van der Waals surface area contributed by atoms with E-state index in [1.807, 2.05) is 0 Å². The van der Waals surface area contributed by atoms with Crippen LogP contribution in [-0.4, -0.2) is 96.8 Å². The highest BCUT2D eigenvalue weighted by Gasteiger charge is 2.49. The van der Waals surface area contributed by atoms with Gasteiger partial charge in [-0.3, -0.25) is 4.90 Å². The zero-order valence-corrected chi connectivity index (χ0v) is 27.5. The number of hydrogen-bond donors (Lipinski definition) is 2. The monoisotopic (exact) mass is 678 g/mol. The molecule has 4 aliphatic heterocycles. The molecule has 5 aliphatic rings. The lowest BCUT2D eigenvalue weighted by atomic mass is 9.90. The van der Waals surface area contributed by atoms with Crippen molar-refractivity contribution in [1.82, 2.24) is 20.2 Å². The maximum absolute atomic E-state index is 17.2. The molecule has 1 aromatic heterocycles. The summed E-state index contributed by atoms with van der Waals surface area (Å²) in [5.74, 6) is 1.24. The maximum atomic E-state index is 17.2. The molecule has 2 atom stereocenters. The van der Waals surface area contributed by atoms with Gasteiger partial charge in [0.2, 0.25) is 0 Å². The van der Waals surface area contributed by atoms with Crippen LogP contribution in [0, 0.1) is 40.7 Å². The molecule has 10 nitrogen and oxygen atoms in total. The lowest BCUT2D eigenvalue weighted by Crippen LogP contribution is -2.63. The fourth-order valence-corrected chi connectivity index (χ4v) is 8.36. The first-order valence-corrected chi connectivity index (χ1v) is 17.2. The first kappa shape index (κ1) is 31.4. The van der Waals surface area contributed by atoms with Crippen molar-refractivity contribution < 1.29 is 28.1 Å². The second-order valence-electron chi connectivity index (χ2n) is 14.7. The van der Waals surface area contributed by atoms with E-state index in [1.54, 1.807) is 6.07 Å². The van der Waals surface area contributed by atoms with Crippen LogP contribution in [0.15, 0.2) is 30.3 Å². The first-order chi connectivity index (χ1) is 24.3. The minimum absolute atomic E-state index is 0.0113. The summed E-state index contributed by atoms with van der Waals surface area (Å²) in [4.78, 5) is 14.1. The van der Waals surface area contributed by atoms with Crippen molar-refractivity contribution in [1.29, 1.82) is 5.26 Å². The minimum atomic E-state index is -0.799. The number of phenolic OH excluding ortho intramolecular Hbond substituents is 1.